The summed E-state index contributed by atoms with van der Waals surface area (Å²) in [5.74, 6) is 0.582. The summed E-state index contributed by atoms with van der Waals surface area (Å²) in [4.78, 5) is 12.6. The monoisotopic (exact) mass is 430 g/mol. The van der Waals surface area contributed by atoms with E-state index < -0.39 is 0 Å². The molecule has 0 spiro atoms. The number of methoxy groups -OCH3 is 1. The number of benzene rings is 2. The number of halogens is 2. The molecule has 0 aliphatic rings. The number of ether oxygens (including phenoxy) is 1. The molecule has 0 saturated heterocycles. The molecule has 19 heavy (non-hydrogen) atoms. The Kier molecular flexibility index (Phi) is 4.62. The molecule has 0 aliphatic carbocycles. The maximum Gasteiger partial charge on any atom is 0.197 e. The summed E-state index contributed by atoms with van der Waals surface area (Å²) in [6.45, 7) is 1.93. The molecule has 0 unspecified atom stereocenters. The van der Waals surface area contributed by atoms with Crippen molar-refractivity contribution in [3.8, 4) is 5.75 Å². The maximum atomic E-state index is 12.6. The molecule has 2 aromatic rings. The molecule has 0 N–H and O–H groups in total. The summed E-state index contributed by atoms with van der Waals surface area (Å²) in [5, 5.41) is 0. The average Bonchev–Trinajstić information content (AvgIpc) is 2.41. The van der Waals surface area contributed by atoms with Gasteiger partial charge < -0.3 is 4.74 Å². The van der Waals surface area contributed by atoms with Gasteiger partial charge >= 0.3 is 0 Å². The second kappa shape index (κ2) is 6.05. The van der Waals surface area contributed by atoms with E-state index in [-0.39, 0.29) is 5.78 Å². The molecule has 2 rings (SSSR count). The van der Waals surface area contributed by atoms with E-state index in [9.17, 15) is 4.79 Å². The van der Waals surface area contributed by atoms with Crippen LogP contribution in [0.2, 0.25) is 0 Å². The minimum Gasteiger partial charge on any atom is -0.496 e. The minimum absolute atomic E-state index is 0.0193. The molecule has 0 atom stereocenters. The highest BCUT2D eigenvalue weighted by Crippen LogP contribution is 2.27. The third-order valence-electron chi connectivity index (χ3n) is 2.92. The van der Waals surface area contributed by atoms with E-state index in [4.69, 9.17) is 4.74 Å². The average molecular weight is 431 g/mol. The lowest BCUT2D eigenvalue weighted by Crippen LogP contribution is -2.06. The summed E-state index contributed by atoms with van der Waals surface area (Å²) < 4.78 is 7.22. The van der Waals surface area contributed by atoms with Crippen molar-refractivity contribution in [2.45, 2.75) is 6.92 Å². The first-order valence-electron chi connectivity index (χ1n) is 5.68. The molecule has 0 amide bonds. The SMILES string of the molecule is COc1ccc(I)cc1C(=O)c1cccc(Br)c1C. The van der Waals surface area contributed by atoms with Gasteiger partial charge in [0.15, 0.2) is 5.78 Å². The highest BCUT2D eigenvalue weighted by Gasteiger charge is 2.17. The fourth-order valence-corrected chi connectivity index (χ4v) is 2.71. The van der Waals surface area contributed by atoms with E-state index >= 15 is 0 Å². The van der Waals surface area contributed by atoms with Crippen molar-refractivity contribution in [3.63, 3.8) is 0 Å². The molecule has 0 aromatic heterocycles. The topological polar surface area (TPSA) is 26.3 Å². The Morgan fingerprint density at radius 1 is 1.21 bits per heavy atom. The van der Waals surface area contributed by atoms with Crippen LogP contribution in [0.1, 0.15) is 21.5 Å². The molecule has 4 heteroatoms. The van der Waals surface area contributed by atoms with E-state index in [1.165, 1.54) is 0 Å². The van der Waals surface area contributed by atoms with E-state index in [2.05, 4.69) is 38.5 Å². The van der Waals surface area contributed by atoms with Gasteiger partial charge in [0.05, 0.1) is 12.7 Å². The molecule has 0 bridgehead atoms. The first-order valence-corrected chi connectivity index (χ1v) is 7.55. The Labute approximate surface area is 134 Å². The molecule has 2 aromatic carbocycles. The Morgan fingerprint density at radius 2 is 1.95 bits per heavy atom. The first-order chi connectivity index (χ1) is 9.04. The summed E-state index contributed by atoms with van der Waals surface area (Å²) >= 11 is 5.64. The molecule has 0 heterocycles. The third-order valence-corrected chi connectivity index (χ3v) is 4.45. The van der Waals surface area contributed by atoms with Crippen molar-refractivity contribution in [1.82, 2.24) is 0 Å². The second-order valence-electron chi connectivity index (χ2n) is 4.09. The quantitative estimate of drug-likeness (QED) is 0.525. The molecule has 0 aliphatic heterocycles. The Hall–Kier alpha value is -0.880. The standard InChI is InChI=1S/C15H12BrIO2/c1-9-11(4-3-5-13(9)16)15(18)12-8-10(17)6-7-14(12)19-2/h3-8H,1-2H3. The highest BCUT2D eigenvalue weighted by molar-refractivity contribution is 14.1. The van der Waals surface area contributed by atoms with Crippen LogP contribution in [0, 0.1) is 10.5 Å². The predicted octanol–water partition coefficient (Wildman–Crippen LogP) is 4.60. The molecule has 0 radical (unpaired) electrons. The van der Waals surface area contributed by atoms with Crippen LogP contribution in [-0.2, 0) is 0 Å². The van der Waals surface area contributed by atoms with Crippen molar-refractivity contribution in [2.24, 2.45) is 0 Å². The van der Waals surface area contributed by atoms with Crippen molar-refractivity contribution in [2.75, 3.05) is 7.11 Å². The van der Waals surface area contributed by atoms with Gasteiger partial charge in [0, 0.05) is 13.6 Å². The maximum absolute atomic E-state index is 12.6. The zero-order valence-electron chi connectivity index (χ0n) is 10.5. The van der Waals surface area contributed by atoms with Gasteiger partial charge in [0.2, 0.25) is 0 Å². The van der Waals surface area contributed by atoms with E-state index in [0.717, 1.165) is 13.6 Å². The van der Waals surface area contributed by atoms with Crippen molar-refractivity contribution < 1.29 is 9.53 Å². The molecule has 98 valence electrons. The Balaban J connectivity index is 2.56. The van der Waals surface area contributed by atoms with E-state index in [1.54, 1.807) is 7.11 Å². The summed E-state index contributed by atoms with van der Waals surface area (Å²) in [6, 6.07) is 11.2. The van der Waals surface area contributed by atoms with Crippen LogP contribution in [-0.4, -0.2) is 12.9 Å². The van der Waals surface area contributed by atoms with Crippen LogP contribution in [0.3, 0.4) is 0 Å². The van der Waals surface area contributed by atoms with Crippen LogP contribution in [0.25, 0.3) is 0 Å². The van der Waals surface area contributed by atoms with Gasteiger partial charge in [0.25, 0.3) is 0 Å². The van der Waals surface area contributed by atoms with Crippen LogP contribution in [0.4, 0.5) is 0 Å². The summed E-state index contributed by atoms with van der Waals surface area (Å²) in [5.41, 5.74) is 2.22. The molecular formula is C15H12BrIO2. The predicted molar refractivity (Wildman–Crippen MR) is 88.0 cm³/mol. The largest absolute Gasteiger partial charge is 0.496 e. The number of hydrogen-bond acceptors (Lipinski definition) is 2. The van der Waals surface area contributed by atoms with Gasteiger partial charge in [-0.1, -0.05) is 28.1 Å². The van der Waals surface area contributed by atoms with Crippen LogP contribution in [0.15, 0.2) is 40.9 Å². The van der Waals surface area contributed by atoms with Crippen molar-refractivity contribution >= 4 is 44.3 Å². The molecule has 0 saturated carbocycles. The molecular weight excluding hydrogens is 419 g/mol. The van der Waals surface area contributed by atoms with Gasteiger partial charge in [-0.25, -0.2) is 0 Å². The van der Waals surface area contributed by atoms with Gasteiger partial charge in [-0.05, 0) is 59.3 Å². The Bertz CT molecular complexity index is 638. The van der Waals surface area contributed by atoms with Crippen LogP contribution >= 0.6 is 38.5 Å². The first kappa shape index (κ1) is 14.5. The van der Waals surface area contributed by atoms with Crippen molar-refractivity contribution in [3.05, 3.63) is 61.1 Å². The van der Waals surface area contributed by atoms with Crippen molar-refractivity contribution in [1.29, 1.82) is 0 Å². The van der Waals surface area contributed by atoms with Crippen LogP contribution in [0.5, 0.6) is 5.75 Å². The van der Waals surface area contributed by atoms with Gasteiger partial charge in [-0.3, -0.25) is 4.79 Å². The van der Waals surface area contributed by atoms with Crippen LogP contribution < -0.4 is 4.74 Å². The number of rotatable bonds is 3. The lowest BCUT2D eigenvalue weighted by molar-refractivity contribution is 0.103. The zero-order chi connectivity index (χ0) is 14.0. The summed E-state index contributed by atoms with van der Waals surface area (Å²) in [6.07, 6.45) is 0. The molecule has 0 fully saturated rings. The number of carbonyl (C=O) groups is 1. The number of hydrogen-bond donors (Lipinski definition) is 0. The fourth-order valence-electron chi connectivity index (χ4n) is 1.86. The number of ketones is 1. The van der Waals surface area contributed by atoms with Gasteiger partial charge in [0.1, 0.15) is 5.75 Å². The zero-order valence-corrected chi connectivity index (χ0v) is 14.3. The van der Waals surface area contributed by atoms with Gasteiger partial charge in [-0.2, -0.15) is 0 Å². The number of carbonyl (C=O) groups excluding carboxylic acids is 1. The smallest absolute Gasteiger partial charge is 0.197 e. The lowest BCUT2D eigenvalue weighted by Gasteiger charge is -2.10. The Morgan fingerprint density at radius 3 is 2.63 bits per heavy atom. The minimum atomic E-state index is -0.0193. The third kappa shape index (κ3) is 3.00. The summed E-state index contributed by atoms with van der Waals surface area (Å²) in [7, 11) is 1.58. The van der Waals surface area contributed by atoms with E-state index in [0.29, 0.717) is 16.9 Å². The second-order valence-corrected chi connectivity index (χ2v) is 6.19. The lowest BCUT2D eigenvalue weighted by atomic mass is 9.98. The highest BCUT2D eigenvalue weighted by atomic mass is 127. The van der Waals surface area contributed by atoms with E-state index in [1.807, 2.05) is 43.3 Å². The molecule has 2 nitrogen and oxygen atoms in total. The normalized spacial score (nSPS) is 10.3. The fraction of sp³-hybridized carbons (Fsp3) is 0.133. The van der Waals surface area contributed by atoms with Gasteiger partial charge in [-0.15, -0.1) is 0 Å².